The highest BCUT2D eigenvalue weighted by atomic mass is 35.5. The molecule has 0 spiro atoms. The minimum Gasteiger partial charge on any atom is -0.337 e. The van der Waals surface area contributed by atoms with Crippen molar-refractivity contribution in [3.05, 3.63) is 46.5 Å². The molecule has 114 valence electrons. The van der Waals surface area contributed by atoms with Gasteiger partial charge in [-0.15, -0.1) is 0 Å². The maximum atomic E-state index is 12.3. The summed E-state index contributed by atoms with van der Waals surface area (Å²) in [5, 5.41) is 0.630. The molecule has 2 aromatic rings. The number of aromatic nitrogens is 2. The van der Waals surface area contributed by atoms with Crippen LogP contribution in [0.3, 0.4) is 0 Å². The van der Waals surface area contributed by atoms with Crippen molar-refractivity contribution in [2.45, 2.75) is 24.8 Å². The van der Waals surface area contributed by atoms with Crippen LogP contribution in [-0.2, 0) is 16.6 Å². The summed E-state index contributed by atoms with van der Waals surface area (Å²) < 4.78 is 29.0. The first-order valence-corrected chi connectivity index (χ1v) is 8.55. The van der Waals surface area contributed by atoms with Crippen molar-refractivity contribution in [2.24, 2.45) is 0 Å². The Kier molecular flexibility index (Phi) is 5.27. The second-order valence-corrected chi connectivity index (χ2v) is 7.14. The molecule has 8 heteroatoms. The number of hydrogen-bond donors (Lipinski definition) is 1. The summed E-state index contributed by atoms with van der Waals surface area (Å²) in [6.45, 7) is 2.67. The predicted molar refractivity (Wildman–Crippen MR) is 83.2 cm³/mol. The van der Waals surface area contributed by atoms with E-state index in [1.807, 2.05) is 10.8 Å². The second kappa shape index (κ2) is 6.79. The van der Waals surface area contributed by atoms with Gasteiger partial charge in [-0.1, -0.05) is 23.2 Å². The Hall–Kier alpha value is -1.08. The van der Waals surface area contributed by atoms with E-state index in [-0.39, 0.29) is 4.90 Å². The molecule has 0 aliphatic carbocycles. The van der Waals surface area contributed by atoms with Crippen LogP contribution in [0.5, 0.6) is 0 Å². The van der Waals surface area contributed by atoms with Gasteiger partial charge in [0.15, 0.2) is 0 Å². The van der Waals surface area contributed by atoms with Gasteiger partial charge in [-0.2, -0.15) is 0 Å². The number of sulfonamides is 1. The van der Waals surface area contributed by atoms with E-state index in [4.69, 9.17) is 23.2 Å². The maximum absolute atomic E-state index is 12.3. The first-order valence-electron chi connectivity index (χ1n) is 6.31. The molecule has 0 bridgehead atoms. The molecule has 1 heterocycles. The third kappa shape index (κ3) is 4.20. The predicted octanol–water partition coefficient (Wildman–Crippen LogP) is 2.87. The van der Waals surface area contributed by atoms with Crippen LogP contribution in [-0.4, -0.2) is 24.5 Å². The first kappa shape index (κ1) is 16.3. The molecule has 0 aliphatic heterocycles. The van der Waals surface area contributed by atoms with Crippen molar-refractivity contribution in [3.8, 4) is 0 Å². The normalized spacial score (nSPS) is 11.8. The van der Waals surface area contributed by atoms with Crippen molar-refractivity contribution >= 4 is 33.2 Å². The van der Waals surface area contributed by atoms with E-state index >= 15 is 0 Å². The average molecular weight is 348 g/mol. The summed E-state index contributed by atoms with van der Waals surface area (Å²) in [7, 11) is -3.62. The highest BCUT2D eigenvalue weighted by molar-refractivity contribution is 7.89. The largest absolute Gasteiger partial charge is 0.337 e. The van der Waals surface area contributed by atoms with Crippen LogP contribution < -0.4 is 4.72 Å². The number of rotatable bonds is 6. The van der Waals surface area contributed by atoms with E-state index in [9.17, 15) is 8.42 Å². The van der Waals surface area contributed by atoms with Crippen LogP contribution in [0.15, 0.2) is 35.7 Å². The molecule has 0 atom stereocenters. The lowest BCUT2D eigenvalue weighted by molar-refractivity contribution is 0.569. The van der Waals surface area contributed by atoms with Crippen molar-refractivity contribution in [2.75, 3.05) is 6.54 Å². The number of halogens is 2. The Balaban J connectivity index is 2.02. The van der Waals surface area contributed by atoms with Crippen molar-refractivity contribution < 1.29 is 8.42 Å². The minimum absolute atomic E-state index is 0.114. The zero-order chi connectivity index (χ0) is 15.5. The average Bonchev–Trinajstić information content (AvgIpc) is 2.92. The van der Waals surface area contributed by atoms with Crippen molar-refractivity contribution in [3.63, 3.8) is 0 Å². The van der Waals surface area contributed by atoms with Gasteiger partial charge < -0.3 is 4.57 Å². The van der Waals surface area contributed by atoms with Gasteiger partial charge >= 0.3 is 0 Å². The van der Waals surface area contributed by atoms with Crippen LogP contribution in [0.2, 0.25) is 10.0 Å². The van der Waals surface area contributed by atoms with Gasteiger partial charge in [0.25, 0.3) is 0 Å². The fourth-order valence-corrected chi connectivity index (χ4v) is 3.84. The molecule has 2 rings (SSSR count). The topological polar surface area (TPSA) is 64.0 Å². The molecule has 1 aromatic heterocycles. The van der Waals surface area contributed by atoms with E-state index in [0.29, 0.717) is 35.1 Å². The first-order chi connectivity index (χ1) is 9.90. The smallest absolute Gasteiger partial charge is 0.240 e. The van der Waals surface area contributed by atoms with Crippen LogP contribution in [0, 0.1) is 6.92 Å². The Morgan fingerprint density at radius 3 is 2.76 bits per heavy atom. The van der Waals surface area contributed by atoms with E-state index in [2.05, 4.69) is 9.71 Å². The van der Waals surface area contributed by atoms with Gasteiger partial charge in [0, 0.05) is 35.5 Å². The van der Waals surface area contributed by atoms with Crippen molar-refractivity contribution in [1.82, 2.24) is 14.3 Å². The van der Waals surface area contributed by atoms with Gasteiger partial charge in [0.05, 0.1) is 11.2 Å². The van der Waals surface area contributed by atoms with Gasteiger partial charge in [-0.05, 0) is 31.0 Å². The summed E-state index contributed by atoms with van der Waals surface area (Å²) in [5.74, 6) is 0. The van der Waals surface area contributed by atoms with Gasteiger partial charge in [0.1, 0.15) is 0 Å². The number of nitrogens with zero attached hydrogens (tertiary/aromatic N) is 2. The third-order valence-electron chi connectivity index (χ3n) is 3.00. The Labute approximate surface area is 134 Å². The molecule has 0 aliphatic rings. The van der Waals surface area contributed by atoms with Crippen LogP contribution >= 0.6 is 23.2 Å². The quantitative estimate of drug-likeness (QED) is 0.817. The fourth-order valence-electron chi connectivity index (χ4n) is 1.87. The van der Waals surface area contributed by atoms with Gasteiger partial charge in [-0.25, -0.2) is 18.1 Å². The third-order valence-corrected chi connectivity index (χ3v) is 5.19. The molecular formula is C13H15Cl2N3O2S. The molecule has 0 fully saturated rings. The Morgan fingerprint density at radius 1 is 1.33 bits per heavy atom. The minimum atomic E-state index is -3.62. The molecule has 0 unspecified atom stereocenters. The molecule has 0 amide bonds. The second-order valence-electron chi connectivity index (χ2n) is 4.56. The van der Waals surface area contributed by atoms with Crippen LogP contribution in [0.25, 0.3) is 0 Å². The number of aryl methyl sites for hydroxylation is 1. The molecule has 0 saturated carbocycles. The molecule has 1 N–H and O–H groups in total. The van der Waals surface area contributed by atoms with Gasteiger partial charge in [0.2, 0.25) is 10.0 Å². The van der Waals surface area contributed by atoms with E-state index < -0.39 is 10.0 Å². The summed E-state index contributed by atoms with van der Waals surface area (Å²) in [5.41, 5.74) is 0.489. The molecule has 1 aromatic carbocycles. The summed E-state index contributed by atoms with van der Waals surface area (Å²) in [6, 6.07) is 2.93. The van der Waals surface area contributed by atoms with E-state index in [1.54, 1.807) is 19.4 Å². The number of imidazole rings is 1. The molecule has 0 radical (unpaired) electrons. The standard InChI is InChI=1S/C13H15Cl2N3O2S/c1-10-12(15)7-11(14)8-13(10)21(19,20)17-3-2-5-18-6-4-16-9-18/h4,6-9,17H,2-3,5H2,1H3. The van der Waals surface area contributed by atoms with Crippen molar-refractivity contribution in [1.29, 1.82) is 0 Å². The fraction of sp³-hybridized carbons (Fsp3) is 0.308. The monoisotopic (exact) mass is 347 g/mol. The number of benzene rings is 1. The van der Waals surface area contributed by atoms with E-state index in [1.165, 1.54) is 12.1 Å². The molecular weight excluding hydrogens is 333 g/mol. The molecule has 21 heavy (non-hydrogen) atoms. The maximum Gasteiger partial charge on any atom is 0.240 e. The zero-order valence-electron chi connectivity index (χ0n) is 11.4. The van der Waals surface area contributed by atoms with Gasteiger partial charge in [-0.3, -0.25) is 0 Å². The number of nitrogens with one attached hydrogen (secondary N) is 1. The Morgan fingerprint density at radius 2 is 2.10 bits per heavy atom. The molecule has 5 nitrogen and oxygen atoms in total. The highest BCUT2D eigenvalue weighted by Gasteiger charge is 2.18. The SMILES string of the molecule is Cc1c(Cl)cc(Cl)cc1S(=O)(=O)NCCCn1ccnc1. The molecule has 0 saturated heterocycles. The summed E-state index contributed by atoms with van der Waals surface area (Å²) in [6.07, 6.45) is 5.86. The summed E-state index contributed by atoms with van der Waals surface area (Å²) >= 11 is 11.8. The number of hydrogen-bond acceptors (Lipinski definition) is 3. The lowest BCUT2D eigenvalue weighted by atomic mass is 10.2. The Bertz CT molecular complexity index is 715. The van der Waals surface area contributed by atoms with Crippen LogP contribution in [0.4, 0.5) is 0 Å². The highest BCUT2D eigenvalue weighted by Crippen LogP contribution is 2.27. The zero-order valence-corrected chi connectivity index (χ0v) is 13.7. The summed E-state index contributed by atoms with van der Waals surface area (Å²) in [4.78, 5) is 4.04. The van der Waals surface area contributed by atoms with E-state index in [0.717, 1.165) is 0 Å². The lowest BCUT2D eigenvalue weighted by Crippen LogP contribution is -2.26. The van der Waals surface area contributed by atoms with Crippen LogP contribution in [0.1, 0.15) is 12.0 Å². The lowest BCUT2D eigenvalue weighted by Gasteiger charge is -2.11.